The average molecular weight is 429 g/mol. The zero-order chi connectivity index (χ0) is 19.4. The largest absolute Gasteiger partial charge is 0.462 e. The lowest BCUT2D eigenvalue weighted by molar-refractivity contribution is -0.120. The molecule has 1 N–H and O–H groups in total. The van der Waals surface area contributed by atoms with E-state index in [0.29, 0.717) is 40.7 Å². The minimum Gasteiger partial charge on any atom is -0.462 e. The van der Waals surface area contributed by atoms with Crippen molar-refractivity contribution >= 4 is 49.6 Å². The predicted octanol–water partition coefficient (Wildman–Crippen LogP) is 3.03. The van der Waals surface area contributed by atoms with Crippen LogP contribution in [0.15, 0.2) is 33.2 Å². The van der Waals surface area contributed by atoms with E-state index in [1.54, 1.807) is 35.9 Å². The number of piperidine rings is 1. The highest BCUT2D eigenvalue weighted by atomic mass is 32.2. The number of hydrogen-bond acceptors (Lipinski definition) is 7. The highest BCUT2D eigenvalue weighted by Gasteiger charge is 2.33. The number of anilines is 1. The van der Waals surface area contributed by atoms with Crippen LogP contribution in [-0.4, -0.2) is 44.3 Å². The molecule has 10 heteroatoms. The first-order valence-electron chi connectivity index (χ1n) is 8.52. The molecule has 2 aromatic heterocycles. The summed E-state index contributed by atoms with van der Waals surface area (Å²) in [5, 5.41) is 6.71. The highest BCUT2D eigenvalue weighted by Crippen LogP contribution is 2.29. The summed E-state index contributed by atoms with van der Waals surface area (Å²) in [6.45, 7) is 2.58. The number of ether oxygens (including phenoxy) is 1. The van der Waals surface area contributed by atoms with Crippen molar-refractivity contribution in [1.82, 2.24) is 4.31 Å². The van der Waals surface area contributed by atoms with Crippen LogP contribution in [0.1, 0.15) is 30.1 Å². The van der Waals surface area contributed by atoms with E-state index >= 15 is 0 Å². The van der Waals surface area contributed by atoms with E-state index in [-0.39, 0.29) is 18.4 Å². The van der Waals surface area contributed by atoms with Crippen molar-refractivity contribution in [3.63, 3.8) is 0 Å². The quantitative estimate of drug-likeness (QED) is 0.714. The molecule has 0 spiro atoms. The minimum atomic E-state index is -3.48. The molecule has 0 saturated carbocycles. The van der Waals surface area contributed by atoms with Crippen LogP contribution in [0, 0.1) is 5.92 Å². The molecular weight excluding hydrogens is 408 g/mol. The summed E-state index contributed by atoms with van der Waals surface area (Å²) < 4.78 is 31.8. The summed E-state index contributed by atoms with van der Waals surface area (Å²) in [6, 6.07) is 4.92. The molecule has 0 atom stereocenters. The van der Waals surface area contributed by atoms with Gasteiger partial charge in [0, 0.05) is 19.0 Å². The first kappa shape index (κ1) is 20.0. The number of thiophene rings is 2. The normalized spacial score (nSPS) is 16.2. The predicted molar refractivity (Wildman–Crippen MR) is 105 cm³/mol. The molecular formula is C17H20N2O5S3. The van der Waals surface area contributed by atoms with Crippen molar-refractivity contribution in [2.45, 2.75) is 24.0 Å². The molecule has 3 heterocycles. The summed E-state index contributed by atoms with van der Waals surface area (Å²) in [4.78, 5) is 24.5. The van der Waals surface area contributed by atoms with Crippen molar-refractivity contribution < 1.29 is 22.7 Å². The molecule has 1 saturated heterocycles. The van der Waals surface area contributed by atoms with Gasteiger partial charge in [-0.25, -0.2) is 13.2 Å². The molecule has 1 aliphatic heterocycles. The number of rotatable bonds is 6. The first-order valence-corrected chi connectivity index (χ1v) is 11.7. The van der Waals surface area contributed by atoms with Crippen LogP contribution < -0.4 is 5.32 Å². The minimum absolute atomic E-state index is 0.198. The molecule has 2 aromatic rings. The maximum Gasteiger partial charge on any atom is 0.341 e. The topological polar surface area (TPSA) is 92.8 Å². The van der Waals surface area contributed by atoms with Crippen molar-refractivity contribution in [3.05, 3.63) is 34.5 Å². The molecule has 7 nitrogen and oxygen atoms in total. The molecule has 1 aliphatic rings. The molecule has 0 aliphatic carbocycles. The number of sulfonamides is 1. The van der Waals surface area contributed by atoms with Crippen LogP contribution in [-0.2, 0) is 19.6 Å². The Labute approximate surface area is 166 Å². The monoisotopic (exact) mass is 428 g/mol. The number of carbonyl (C=O) groups excluding carboxylic acids is 2. The third-order valence-corrected chi connectivity index (χ3v) is 8.41. The number of nitrogens with zero attached hydrogens (tertiary/aromatic N) is 1. The molecule has 0 unspecified atom stereocenters. The molecule has 1 fully saturated rings. The maximum atomic E-state index is 12.6. The van der Waals surface area contributed by atoms with Gasteiger partial charge >= 0.3 is 5.97 Å². The maximum absolute atomic E-state index is 12.6. The van der Waals surface area contributed by atoms with Crippen LogP contribution in [0.3, 0.4) is 0 Å². The number of esters is 1. The Morgan fingerprint density at radius 1 is 1.22 bits per heavy atom. The summed E-state index contributed by atoms with van der Waals surface area (Å²) in [7, 11) is -3.48. The summed E-state index contributed by atoms with van der Waals surface area (Å²) in [6.07, 6.45) is 0.882. The molecule has 3 rings (SSSR count). The molecule has 0 bridgehead atoms. The summed E-state index contributed by atoms with van der Waals surface area (Å²) in [5.41, 5.74) is 0.341. The van der Waals surface area contributed by atoms with E-state index in [0.717, 1.165) is 0 Å². The fourth-order valence-electron chi connectivity index (χ4n) is 2.89. The molecule has 0 aromatic carbocycles. The van der Waals surface area contributed by atoms with E-state index in [1.807, 2.05) is 0 Å². The fourth-order valence-corrected chi connectivity index (χ4v) is 6.28. The van der Waals surface area contributed by atoms with E-state index in [2.05, 4.69) is 5.32 Å². The van der Waals surface area contributed by atoms with E-state index in [4.69, 9.17) is 4.74 Å². The SMILES string of the molecule is CCOC(=O)c1ccsc1NC(=O)C1CCN(S(=O)(=O)c2cccs2)CC1. The van der Waals surface area contributed by atoms with Crippen molar-refractivity contribution in [2.24, 2.45) is 5.92 Å². The second-order valence-electron chi connectivity index (χ2n) is 5.98. The van der Waals surface area contributed by atoms with E-state index in [9.17, 15) is 18.0 Å². The molecule has 0 radical (unpaired) electrons. The smallest absolute Gasteiger partial charge is 0.341 e. The van der Waals surface area contributed by atoms with Gasteiger partial charge in [0.2, 0.25) is 5.91 Å². The van der Waals surface area contributed by atoms with Crippen molar-refractivity contribution in [3.8, 4) is 0 Å². The molecule has 146 valence electrons. The average Bonchev–Trinajstić information content (AvgIpc) is 3.34. The van der Waals surface area contributed by atoms with Gasteiger partial charge in [-0.2, -0.15) is 4.31 Å². The number of amides is 1. The van der Waals surface area contributed by atoms with Gasteiger partial charge in [0.05, 0.1) is 12.2 Å². The Bertz CT molecular complexity index is 897. The second kappa shape index (κ2) is 8.51. The number of carbonyl (C=O) groups is 2. The van der Waals surface area contributed by atoms with Gasteiger partial charge in [-0.3, -0.25) is 4.79 Å². The Balaban J connectivity index is 1.60. The van der Waals surface area contributed by atoms with Gasteiger partial charge in [0.15, 0.2) is 0 Å². The zero-order valence-corrected chi connectivity index (χ0v) is 17.2. The molecule has 27 heavy (non-hydrogen) atoms. The summed E-state index contributed by atoms with van der Waals surface area (Å²) in [5.74, 6) is -0.959. The Morgan fingerprint density at radius 2 is 1.96 bits per heavy atom. The third kappa shape index (κ3) is 4.40. The third-order valence-electron chi connectivity index (χ3n) is 4.31. The van der Waals surface area contributed by atoms with Gasteiger partial charge in [-0.1, -0.05) is 6.07 Å². The van der Waals surface area contributed by atoms with Gasteiger partial charge in [-0.15, -0.1) is 22.7 Å². The van der Waals surface area contributed by atoms with Gasteiger partial charge in [-0.05, 0) is 42.7 Å². The van der Waals surface area contributed by atoms with Crippen LogP contribution in [0.4, 0.5) is 5.00 Å². The van der Waals surface area contributed by atoms with Gasteiger partial charge in [0.1, 0.15) is 9.21 Å². The number of hydrogen-bond donors (Lipinski definition) is 1. The van der Waals surface area contributed by atoms with Crippen molar-refractivity contribution in [1.29, 1.82) is 0 Å². The number of nitrogens with one attached hydrogen (secondary N) is 1. The fraction of sp³-hybridized carbons (Fsp3) is 0.412. The lowest BCUT2D eigenvalue weighted by Crippen LogP contribution is -2.41. The Hall–Kier alpha value is -1.75. The lowest BCUT2D eigenvalue weighted by Gasteiger charge is -2.30. The Morgan fingerprint density at radius 3 is 2.59 bits per heavy atom. The zero-order valence-electron chi connectivity index (χ0n) is 14.7. The van der Waals surface area contributed by atoms with Crippen LogP contribution in [0.2, 0.25) is 0 Å². The van der Waals surface area contributed by atoms with Gasteiger partial charge < -0.3 is 10.1 Å². The van der Waals surface area contributed by atoms with Crippen molar-refractivity contribution in [2.75, 3.05) is 25.0 Å². The molecule has 1 amide bonds. The summed E-state index contributed by atoms with van der Waals surface area (Å²) >= 11 is 2.45. The highest BCUT2D eigenvalue weighted by molar-refractivity contribution is 7.91. The van der Waals surface area contributed by atoms with Gasteiger partial charge in [0.25, 0.3) is 10.0 Å². The van der Waals surface area contributed by atoms with Crippen LogP contribution in [0.5, 0.6) is 0 Å². The van der Waals surface area contributed by atoms with E-state index in [1.165, 1.54) is 27.0 Å². The first-order chi connectivity index (χ1) is 12.9. The van der Waals surface area contributed by atoms with Crippen LogP contribution >= 0.6 is 22.7 Å². The van der Waals surface area contributed by atoms with E-state index < -0.39 is 16.0 Å². The standard InChI is InChI=1S/C17H20N2O5S3/c1-2-24-17(21)13-7-11-26-16(13)18-15(20)12-5-8-19(9-6-12)27(22,23)14-4-3-10-25-14/h3-4,7,10-12H,2,5-6,8-9H2,1H3,(H,18,20). The van der Waals surface area contributed by atoms with Crippen LogP contribution in [0.25, 0.3) is 0 Å². The lowest BCUT2D eigenvalue weighted by atomic mass is 9.97. The second-order valence-corrected chi connectivity index (χ2v) is 10.0. The Kier molecular flexibility index (Phi) is 6.30.